The van der Waals surface area contributed by atoms with Gasteiger partial charge in [0.25, 0.3) is 0 Å². The molecule has 0 aromatic rings. The van der Waals surface area contributed by atoms with Gasteiger partial charge < -0.3 is 11.5 Å². The van der Waals surface area contributed by atoms with Gasteiger partial charge >= 0.3 is 0 Å². The van der Waals surface area contributed by atoms with Crippen LogP contribution in [0.2, 0.25) is 0 Å². The molecule has 0 aliphatic rings. The van der Waals surface area contributed by atoms with Gasteiger partial charge in [0.15, 0.2) is 0 Å². The quantitative estimate of drug-likeness (QED) is 0.310. The molecule has 0 saturated heterocycles. The summed E-state index contributed by atoms with van der Waals surface area (Å²) in [5.41, 5.74) is 10.6. The normalized spacial score (nSPS) is 9.33. The Morgan fingerprint density at radius 3 is 2.11 bits per heavy atom. The summed E-state index contributed by atoms with van der Waals surface area (Å²) in [7, 11) is 0. The molecule has 0 amide bonds. The molecule has 0 heterocycles. The maximum atomic E-state index is 5.31. The lowest BCUT2D eigenvalue weighted by Gasteiger charge is -2.01. The van der Waals surface area contributed by atoms with Crippen LogP contribution >= 0.6 is 0 Å². The second-order valence-corrected chi connectivity index (χ2v) is 2.16. The first-order chi connectivity index (χ1) is 3.77. The Hall–Kier alpha value is -0.0151. The lowest BCUT2D eigenvalue weighted by molar-refractivity contribution is 0.575. The van der Waals surface area contributed by atoms with E-state index in [1.54, 1.807) is 0 Å². The van der Waals surface area contributed by atoms with Crippen molar-refractivity contribution < 1.29 is 0 Å². The van der Waals surface area contributed by atoms with Crippen LogP contribution in [0.5, 0.6) is 0 Å². The molecule has 3 heteroatoms. The Bertz CT molecular complexity index is 48.3. The van der Waals surface area contributed by atoms with Crippen molar-refractivity contribution in [2.75, 3.05) is 0 Å². The van der Waals surface area contributed by atoms with Crippen molar-refractivity contribution in [1.82, 2.24) is 0 Å². The van der Waals surface area contributed by atoms with E-state index in [2.05, 4.69) is 6.92 Å². The highest BCUT2D eigenvalue weighted by molar-refractivity contribution is 5.75. The van der Waals surface area contributed by atoms with E-state index in [0.29, 0.717) is 0 Å². The van der Waals surface area contributed by atoms with Gasteiger partial charge in [-0.1, -0.05) is 26.2 Å². The minimum absolute atomic E-state index is 0. The summed E-state index contributed by atoms with van der Waals surface area (Å²) in [6, 6.07) is 0. The third kappa shape index (κ3) is 11.5. The molecule has 9 heavy (non-hydrogen) atoms. The fraction of sp³-hybridized carbons (Fsp3) is 1.00. The summed E-state index contributed by atoms with van der Waals surface area (Å²) < 4.78 is 0. The maximum absolute atomic E-state index is 5.31. The van der Waals surface area contributed by atoms with Crippen LogP contribution in [0.25, 0.3) is 0 Å². The van der Waals surface area contributed by atoms with E-state index < -0.39 is 0 Å². The molecule has 4 N–H and O–H groups in total. The third-order valence-corrected chi connectivity index (χ3v) is 1.14. The van der Waals surface area contributed by atoms with Crippen molar-refractivity contribution in [2.45, 2.75) is 38.8 Å². The van der Waals surface area contributed by atoms with Crippen molar-refractivity contribution in [3.63, 3.8) is 0 Å². The monoisotopic (exact) mass is 130 g/mol. The van der Waals surface area contributed by atoms with Gasteiger partial charge in [0.05, 0.1) is 14.6 Å². The van der Waals surface area contributed by atoms with Gasteiger partial charge in [0, 0.05) is 0 Å². The average Bonchev–Trinajstić information content (AvgIpc) is 1.66. The molecule has 0 saturated carbocycles. The molecule has 0 aliphatic carbocycles. The Morgan fingerprint density at radius 1 is 1.22 bits per heavy atom. The van der Waals surface area contributed by atoms with Gasteiger partial charge in [0.2, 0.25) is 0 Å². The molecule has 0 aromatic heterocycles. The molecule has 0 unspecified atom stereocenters. The first-order valence-corrected chi connectivity index (χ1v) is 3.28. The third-order valence-electron chi connectivity index (χ3n) is 1.14. The zero-order valence-electron chi connectivity index (χ0n) is 5.56. The minimum atomic E-state index is -0.0958. The Kier molecular flexibility index (Phi) is 10.4. The summed E-state index contributed by atoms with van der Waals surface area (Å²) in [5, 5.41) is 0. The minimum Gasteiger partial charge on any atom is -0.316 e. The summed E-state index contributed by atoms with van der Waals surface area (Å²) in [5.74, 6) is 0. The van der Waals surface area contributed by atoms with Crippen LogP contribution < -0.4 is 11.5 Å². The van der Waals surface area contributed by atoms with Crippen LogP contribution in [0, 0.1) is 0 Å². The van der Waals surface area contributed by atoms with Gasteiger partial charge in [-0.05, 0) is 6.42 Å². The molecule has 0 bridgehead atoms. The largest absolute Gasteiger partial charge is 0.316 e. The zero-order valence-corrected chi connectivity index (χ0v) is 5.56. The summed E-state index contributed by atoms with van der Waals surface area (Å²) in [6.07, 6.45) is 4.54. The SMILES string of the molecule is B.CCCCCC(N)N. The predicted molar refractivity (Wildman–Crippen MR) is 46.2 cm³/mol. The second-order valence-electron chi connectivity index (χ2n) is 2.16. The van der Waals surface area contributed by atoms with Crippen molar-refractivity contribution >= 4 is 8.41 Å². The number of rotatable bonds is 4. The van der Waals surface area contributed by atoms with Crippen molar-refractivity contribution in [3.05, 3.63) is 0 Å². The van der Waals surface area contributed by atoms with Crippen molar-refractivity contribution in [2.24, 2.45) is 11.5 Å². The highest BCUT2D eigenvalue weighted by Crippen LogP contribution is 1.97. The molecule has 0 atom stereocenters. The molecular formula is C6H19BN2. The van der Waals surface area contributed by atoms with E-state index in [9.17, 15) is 0 Å². The van der Waals surface area contributed by atoms with Gasteiger partial charge in [-0.3, -0.25) is 0 Å². The topological polar surface area (TPSA) is 52.0 Å². The summed E-state index contributed by atoms with van der Waals surface area (Å²) >= 11 is 0. The van der Waals surface area contributed by atoms with Crippen LogP contribution in [0.15, 0.2) is 0 Å². The van der Waals surface area contributed by atoms with E-state index >= 15 is 0 Å². The van der Waals surface area contributed by atoms with E-state index in [0.717, 1.165) is 6.42 Å². The van der Waals surface area contributed by atoms with Crippen LogP contribution in [0.1, 0.15) is 32.6 Å². The molecule has 0 aromatic carbocycles. The number of nitrogens with two attached hydrogens (primary N) is 2. The second kappa shape index (κ2) is 7.98. The molecular weight excluding hydrogens is 111 g/mol. The van der Waals surface area contributed by atoms with Crippen molar-refractivity contribution in [1.29, 1.82) is 0 Å². The van der Waals surface area contributed by atoms with E-state index in [1.807, 2.05) is 0 Å². The first-order valence-electron chi connectivity index (χ1n) is 3.28. The lowest BCUT2D eigenvalue weighted by atomic mass is 10.2. The maximum Gasteiger partial charge on any atom is 0.0814 e. The smallest absolute Gasteiger partial charge is 0.0814 e. The van der Waals surface area contributed by atoms with E-state index in [1.165, 1.54) is 19.3 Å². The molecule has 0 radical (unpaired) electrons. The summed E-state index contributed by atoms with van der Waals surface area (Å²) in [4.78, 5) is 0. The molecule has 0 spiro atoms. The van der Waals surface area contributed by atoms with Gasteiger partial charge in [0.1, 0.15) is 0 Å². The van der Waals surface area contributed by atoms with Crippen LogP contribution in [0.3, 0.4) is 0 Å². The standard InChI is InChI=1S/C6H16N2.BH3/c1-2-3-4-5-6(7)8;/h6H,2-5,7-8H2,1H3;1H3. The molecule has 56 valence electrons. The summed E-state index contributed by atoms with van der Waals surface area (Å²) in [6.45, 7) is 2.17. The fourth-order valence-corrected chi connectivity index (χ4v) is 0.630. The van der Waals surface area contributed by atoms with E-state index in [4.69, 9.17) is 11.5 Å². The first kappa shape index (κ1) is 11.7. The fourth-order valence-electron chi connectivity index (χ4n) is 0.630. The molecule has 0 rings (SSSR count). The van der Waals surface area contributed by atoms with Gasteiger partial charge in [-0.15, -0.1) is 0 Å². The Labute approximate surface area is 59.6 Å². The molecule has 0 fully saturated rings. The Morgan fingerprint density at radius 2 is 1.78 bits per heavy atom. The zero-order chi connectivity index (χ0) is 6.41. The number of hydrogen-bond acceptors (Lipinski definition) is 2. The van der Waals surface area contributed by atoms with Gasteiger partial charge in [-0.25, -0.2) is 0 Å². The highest BCUT2D eigenvalue weighted by Gasteiger charge is 1.90. The highest BCUT2D eigenvalue weighted by atomic mass is 14.8. The van der Waals surface area contributed by atoms with Crippen LogP contribution in [-0.4, -0.2) is 14.6 Å². The van der Waals surface area contributed by atoms with Crippen molar-refractivity contribution in [3.8, 4) is 0 Å². The number of hydrogen-bond donors (Lipinski definition) is 2. The van der Waals surface area contributed by atoms with Crippen LogP contribution in [-0.2, 0) is 0 Å². The molecule has 2 nitrogen and oxygen atoms in total. The predicted octanol–water partition coefficient (Wildman–Crippen LogP) is -0.374. The van der Waals surface area contributed by atoms with E-state index in [-0.39, 0.29) is 14.6 Å². The van der Waals surface area contributed by atoms with Crippen LogP contribution in [0.4, 0.5) is 0 Å². The lowest BCUT2D eigenvalue weighted by Crippen LogP contribution is -2.29. The average molecular weight is 130 g/mol. The Balaban J connectivity index is 0. The number of unbranched alkanes of at least 4 members (excludes halogenated alkanes) is 2. The van der Waals surface area contributed by atoms with Gasteiger partial charge in [-0.2, -0.15) is 0 Å². The molecule has 0 aliphatic heterocycles.